The molecule has 0 amide bonds. The molecule has 0 radical (unpaired) electrons. The standard InChI is InChI=1S/C16H18N2O3S/c1-4-21-16-15(14-6-5-7-22-14)17-10-8-12(19-2)13(20-3)9-11(10)18-16/h6,8-9H,4-5,7H2,1-3H3. The Morgan fingerprint density at radius 3 is 2.32 bits per heavy atom. The van der Waals surface area contributed by atoms with Crippen molar-refractivity contribution < 1.29 is 14.2 Å². The second-order valence-electron chi connectivity index (χ2n) is 4.71. The molecule has 1 aliphatic heterocycles. The van der Waals surface area contributed by atoms with Crippen LogP contribution in [0.4, 0.5) is 0 Å². The van der Waals surface area contributed by atoms with Crippen molar-refractivity contribution in [2.45, 2.75) is 13.3 Å². The summed E-state index contributed by atoms with van der Waals surface area (Å²) in [7, 11) is 3.22. The lowest BCUT2D eigenvalue weighted by Gasteiger charge is -2.12. The molecule has 0 saturated heterocycles. The van der Waals surface area contributed by atoms with Crippen molar-refractivity contribution in [1.29, 1.82) is 0 Å². The fraction of sp³-hybridized carbons (Fsp3) is 0.375. The van der Waals surface area contributed by atoms with Crippen molar-refractivity contribution in [3.8, 4) is 17.4 Å². The van der Waals surface area contributed by atoms with Crippen molar-refractivity contribution in [1.82, 2.24) is 9.97 Å². The summed E-state index contributed by atoms with van der Waals surface area (Å²) in [5.41, 5.74) is 2.31. The lowest BCUT2D eigenvalue weighted by molar-refractivity contribution is 0.325. The Kier molecular flexibility index (Phi) is 4.38. The van der Waals surface area contributed by atoms with E-state index in [1.165, 1.54) is 0 Å². The van der Waals surface area contributed by atoms with Crippen molar-refractivity contribution in [3.63, 3.8) is 0 Å². The van der Waals surface area contributed by atoms with Gasteiger partial charge in [-0.1, -0.05) is 6.08 Å². The van der Waals surface area contributed by atoms with Crippen molar-refractivity contribution in [3.05, 3.63) is 23.9 Å². The summed E-state index contributed by atoms with van der Waals surface area (Å²) in [6, 6.07) is 3.67. The molecule has 0 atom stereocenters. The molecule has 0 aliphatic carbocycles. The topological polar surface area (TPSA) is 53.5 Å². The number of rotatable bonds is 5. The third kappa shape index (κ3) is 2.70. The predicted molar refractivity (Wildman–Crippen MR) is 88.9 cm³/mol. The Morgan fingerprint density at radius 1 is 1.09 bits per heavy atom. The lowest BCUT2D eigenvalue weighted by Crippen LogP contribution is -2.02. The molecule has 0 unspecified atom stereocenters. The molecule has 0 N–H and O–H groups in total. The second kappa shape index (κ2) is 6.44. The molecule has 116 valence electrons. The summed E-state index contributed by atoms with van der Waals surface area (Å²) in [6.07, 6.45) is 3.24. The Labute approximate surface area is 133 Å². The largest absolute Gasteiger partial charge is 0.493 e. The van der Waals surface area contributed by atoms with E-state index in [-0.39, 0.29) is 0 Å². The number of hydrogen-bond acceptors (Lipinski definition) is 6. The molecule has 2 aromatic rings. The zero-order valence-corrected chi connectivity index (χ0v) is 13.7. The first kappa shape index (κ1) is 15.0. The van der Waals surface area contributed by atoms with Gasteiger partial charge in [0.2, 0.25) is 5.88 Å². The Bertz CT molecular complexity index is 731. The number of hydrogen-bond donors (Lipinski definition) is 0. The number of benzene rings is 1. The van der Waals surface area contributed by atoms with Crippen LogP contribution in [0.2, 0.25) is 0 Å². The van der Waals surface area contributed by atoms with E-state index in [1.54, 1.807) is 26.0 Å². The van der Waals surface area contributed by atoms with Gasteiger partial charge in [0.25, 0.3) is 0 Å². The predicted octanol–water partition coefficient (Wildman–Crippen LogP) is 3.52. The van der Waals surface area contributed by atoms with Gasteiger partial charge in [-0.25, -0.2) is 9.97 Å². The molecule has 1 aromatic carbocycles. The van der Waals surface area contributed by atoms with Crippen molar-refractivity contribution >= 4 is 27.7 Å². The Hall–Kier alpha value is -1.95. The molecule has 0 fully saturated rings. The van der Waals surface area contributed by atoms with Crippen LogP contribution in [0.15, 0.2) is 18.2 Å². The summed E-state index contributed by atoms with van der Waals surface area (Å²) in [6.45, 7) is 2.50. The van der Waals surface area contributed by atoms with Crippen LogP contribution in [0.25, 0.3) is 15.9 Å². The van der Waals surface area contributed by atoms with Crippen LogP contribution < -0.4 is 14.2 Å². The van der Waals surface area contributed by atoms with Gasteiger partial charge in [-0.2, -0.15) is 0 Å². The van der Waals surface area contributed by atoms with Crippen LogP contribution in [0.5, 0.6) is 17.4 Å². The van der Waals surface area contributed by atoms with Crippen molar-refractivity contribution in [2.75, 3.05) is 26.6 Å². The number of aromatic nitrogens is 2. The fourth-order valence-electron chi connectivity index (χ4n) is 2.35. The molecular formula is C16H18N2O3S. The number of methoxy groups -OCH3 is 2. The maximum absolute atomic E-state index is 5.69. The van der Waals surface area contributed by atoms with E-state index >= 15 is 0 Å². The smallest absolute Gasteiger partial charge is 0.241 e. The van der Waals surface area contributed by atoms with Gasteiger partial charge < -0.3 is 14.2 Å². The minimum Gasteiger partial charge on any atom is -0.493 e. The molecule has 6 heteroatoms. The highest BCUT2D eigenvalue weighted by Gasteiger charge is 2.19. The van der Waals surface area contributed by atoms with Crippen LogP contribution in [0.3, 0.4) is 0 Å². The summed E-state index contributed by atoms with van der Waals surface area (Å²) < 4.78 is 16.4. The highest BCUT2D eigenvalue weighted by Crippen LogP contribution is 2.39. The van der Waals surface area contributed by atoms with E-state index < -0.39 is 0 Å². The highest BCUT2D eigenvalue weighted by molar-refractivity contribution is 8.08. The Morgan fingerprint density at radius 2 is 1.77 bits per heavy atom. The molecule has 5 nitrogen and oxygen atoms in total. The van der Waals surface area contributed by atoms with E-state index in [2.05, 4.69) is 11.1 Å². The van der Waals surface area contributed by atoms with E-state index in [9.17, 15) is 0 Å². The third-order valence-corrected chi connectivity index (χ3v) is 4.47. The van der Waals surface area contributed by atoms with Crippen LogP contribution in [0.1, 0.15) is 19.0 Å². The highest BCUT2D eigenvalue weighted by atomic mass is 32.2. The quantitative estimate of drug-likeness (QED) is 0.840. The van der Waals surface area contributed by atoms with Gasteiger partial charge in [-0.3, -0.25) is 0 Å². The SMILES string of the molecule is CCOc1nc2cc(OC)c(OC)cc2nc1C1=CCCS1. The summed E-state index contributed by atoms with van der Waals surface area (Å²) in [5.74, 6) is 2.93. The monoisotopic (exact) mass is 318 g/mol. The molecule has 1 aliphatic rings. The maximum atomic E-state index is 5.69. The first-order chi connectivity index (χ1) is 10.8. The van der Waals surface area contributed by atoms with Crippen LogP contribution in [-0.2, 0) is 0 Å². The minimum atomic E-state index is 0.554. The average molecular weight is 318 g/mol. The molecule has 3 rings (SSSR count). The average Bonchev–Trinajstić information content (AvgIpc) is 3.07. The zero-order valence-electron chi connectivity index (χ0n) is 12.9. The van der Waals surface area contributed by atoms with E-state index in [1.807, 2.05) is 19.1 Å². The molecular weight excluding hydrogens is 300 g/mol. The number of thioether (sulfide) groups is 1. The van der Waals surface area contributed by atoms with Crippen LogP contribution >= 0.6 is 11.8 Å². The number of nitrogens with zero attached hydrogens (tertiary/aromatic N) is 2. The van der Waals surface area contributed by atoms with Gasteiger partial charge >= 0.3 is 0 Å². The van der Waals surface area contributed by atoms with Crippen molar-refractivity contribution in [2.24, 2.45) is 0 Å². The second-order valence-corrected chi connectivity index (χ2v) is 5.85. The number of fused-ring (bicyclic) bond motifs is 1. The van der Waals surface area contributed by atoms with E-state index in [0.29, 0.717) is 24.0 Å². The van der Waals surface area contributed by atoms with Gasteiger partial charge in [0.1, 0.15) is 5.69 Å². The molecule has 0 bridgehead atoms. The first-order valence-electron chi connectivity index (χ1n) is 7.16. The number of ether oxygens (including phenoxy) is 3. The van der Waals surface area contributed by atoms with Crippen LogP contribution in [0, 0.1) is 0 Å². The van der Waals surface area contributed by atoms with Gasteiger partial charge in [0.05, 0.1) is 31.9 Å². The minimum absolute atomic E-state index is 0.554. The van der Waals surface area contributed by atoms with E-state index in [0.717, 1.165) is 33.8 Å². The summed E-state index contributed by atoms with van der Waals surface area (Å²) >= 11 is 1.78. The molecule has 22 heavy (non-hydrogen) atoms. The zero-order chi connectivity index (χ0) is 15.5. The Balaban J connectivity index is 2.19. The summed E-state index contributed by atoms with van der Waals surface area (Å²) in [5, 5.41) is 0. The molecule has 2 heterocycles. The summed E-state index contributed by atoms with van der Waals surface area (Å²) in [4.78, 5) is 10.5. The van der Waals surface area contributed by atoms with Gasteiger partial charge in [0, 0.05) is 22.8 Å². The first-order valence-corrected chi connectivity index (χ1v) is 8.15. The molecule has 1 aromatic heterocycles. The molecule has 0 spiro atoms. The fourth-order valence-corrected chi connectivity index (χ4v) is 3.31. The van der Waals surface area contributed by atoms with Gasteiger partial charge in [-0.05, 0) is 13.3 Å². The van der Waals surface area contributed by atoms with Gasteiger partial charge in [-0.15, -0.1) is 11.8 Å². The van der Waals surface area contributed by atoms with Gasteiger partial charge in [0.15, 0.2) is 11.5 Å². The van der Waals surface area contributed by atoms with Crippen LogP contribution in [-0.4, -0.2) is 36.5 Å². The number of allylic oxidation sites excluding steroid dienone is 1. The van der Waals surface area contributed by atoms with E-state index in [4.69, 9.17) is 19.2 Å². The normalized spacial score (nSPS) is 14.0. The lowest BCUT2D eigenvalue weighted by atomic mass is 10.2. The third-order valence-electron chi connectivity index (χ3n) is 3.36. The maximum Gasteiger partial charge on any atom is 0.241 e. The molecule has 0 saturated carbocycles.